The number of rotatable bonds is 5. The van der Waals surface area contributed by atoms with Crippen molar-refractivity contribution in [1.82, 2.24) is 4.98 Å². The van der Waals surface area contributed by atoms with Gasteiger partial charge < -0.3 is 15.0 Å². The number of hydrogen-bond donors (Lipinski definition) is 2. The molecule has 0 unspecified atom stereocenters. The molecule has 2 N–H and O–H groups in total. The summed E-state index contributed by atoms with van der Waals surface area (Å²) in [6.07, 6.45) is 6.87. The number of aromatic nitrogens is 1. The van der Waals surface area contributed by atoms with Crippen LogP contribution in [-0.4, -0.2) is 23.5 Å². The van der Waals surface area contributed by atoms with Gasteiger partial charge >= 0.3 is 5.97 Å². The summed E-state index contributed by atoms with van der Waals surface area (Å²) in [4.78, 5) is 26.9. The fourth-order valence-electron chi connectivity index (χ4n) is 2.77. The number of aryl methyl sites for hydroxylation is 1. The second kappa shape index (κ2) is 6.59. The maximum absolute atomic E-state index is 12.0. The van der Waals surface area contributed by atoms with Crippen LogP contribution in [0.3, 0.4) is 0 Å². The van der Waals surface area contributed by atoms with Crippen molar-refractivity contribution in [2.75, 3.05) is 11.9 Å². The number of nitrogens with one attached hydrogen (secondary N) is 2. The van der Waals surface area contributed by atoms with Gasteiger partial charge in [-0.3, -0.25) is 4.79 Å². The van der Waals surface area contributed by atoms with Crippen LogP contribution in [0.25, 0.3) is 0 Å². The number of H-pyrrole nitrogens is 1. The summed E-state index contributed by atoms with van der Waals surface area (Å²) >= 11 is 0. The van der Waals surface area contributed by atoms with Gasteiger partial charge in [0.1, 0.15) is 5.56 Å². The molecule has 1 saturated carbocycles. The molecule has 2 rings (SSSR count). The third-order valence-electron chi connectivity index (χ3n) is 3.78. The molecule has 0 bridgehead atoms. The van der Waals surface area contributed by atoms with Gasteiger partial charge in [0.2, 0.25) is 5.91 Å². The zero-order valence-corrected chi connectivity index (χ0v) is 12.1. The fourth-order valence-corrected chi connectivity index (χ4v) is 2.77. The van der Waals surface area contributed by atoms with Crippen LogP contribution in [0.4, 0.5) is 5.69 Å². The topological polar surface area (TPSA) is 71.2 Å². The second-order valence-corrected chi connectivity index (χ2v) is 5.33. The third kappa shape index (κ3) is 3.40. The van der Waals surface area contributed by atoms with Gasteiger partial charge in [0.25, 0.3) is 0 Å². The molecule has 1 aliphatic rings. The number of carbonyl (C=O) groups is 2. The lowest BCUT2D eigenvalue weighted by atomic mass is 10.0. The van der Waals surface area contributed by atoms with Crippen molar-refractivity contribution in [1.29, 1.82) is 0 Å². The quantitative estimate of drug-likeness (QED) is 0.813. The van der Waals surface area contributed by atoms with Gasteiger partial charge in [0, 0.05) is 18.3 Å². The van der Waals surface area contributed by atoms with Gasteiger partial charge in [-0.15, -0.1) is 0 Å². The minimum atomic E-state index is -0.401. The van der Waals surface area contributed by atoms with E-state index < -0.39 is 5.97 Å². The van der Waals surface area contributed by atoms with E-state index in [0.717, 1.165) is 12.8 Å². The molecule has 1 aromatic heterocycles. The molecule has 0 radical (unpaired) electrons. The smallest absolute Gasteiger partial charge is 0.342 e. The highest BCUT2D eigenvalue weighted by Gasteiger charge is 2.22. The van der Waals surface area contributed by atoms with E-state index in [1.807, 2.05) is 0 Å². The average molecular weight is 278 g/mol. The van der Waals surface area contributed by atoms with E-state index in [9.17, 15) is 9.59 Å². The lowest BCUT2D eigenvalue weighted by Gasteiger charge is -2.10. The number of esters is 1. The third-order valence-corrected chi connectivity index (χ3v) is 3.78. The van der Waals surface area contributed by atoms with Crippen molar-refractivity contribution in [3.63, 3.8) is 0 Å². The molecule has 0 aromatic carbocycles. The maximum atomic E-state index is 12.0. The SMILES string of the molecule is CCOC(=O)c1c(NC(=O)CC2CCCC2)c[nH]c1C. The highest BCUT2D eigenvalue weighted by molar-refractivity contribution is 6.02. The van der Waals surface area contributed by atoms with Crippen LogP contribution in [0.1, 0.15) is 55.1 Å². The minimum Gasteiger partial charge on any atom is -0.462 e. The molecule has 5 heteroatoms. The zero-order valence-electron chi connectivity index (χ0n) is 12.1. The van der Waals surface area contributed by atoms with E-state index in [1.54, 1.807) is 20.0 Å². The fraction of sp³-hybridized carbons (Fsp3) is 0.600. The van der Waals surface area contributed by atoms with Gasteiger partial charge in [-0.2, -0.15) is 0 Å². The summed E-state index contributed by atoms with van der Waals surface area (Å²) in [6.45, 7) is 3.87. The Labute approximate surface area is 119 Å². The van der Waals surface area contributed by atoms with Gasteiger partial charge in [-0.25, -0.2) is 4.79 Å². The van der Waals surface area contributed by atoms with E-state index in [4.69, 9.17) is 4.74 Å². The van der Waals surface area contributed by atoms with Crippen LogP contribution >= 0.6 is 0 Å². The van der Waals surface area contributed by atoms with E-state index in [1.165, 1.54) is 12.8 Å². The zero-order chi connectivity index (χ0) is 14.5. The Morgan fingerprint density at radius 3 is 2.75 bits per heavy atom. The van der Waals surface area contributed by atoms with Crippen LogP contribution in [0.5, 0.6) is 0 Å². The van der Waals surface area contributed by atoms with Crippen LogP contribution in [0.2, 0.25) is 0 Å². The Morgan fingerprint density at radius 1 is 1.40 bits per heavy atom. The molecule has 0 spiro atoms. The van der Waals surface area contributed by atoms with Crippen LogP contribution in [0, 0.1) is 12.8 Å². The normalized spacial score (nSPS) is 15.3. The summed E-state index contributed by atoms with van der Waals surface area (Å²) in [6, 6.07) is 0. The first-order valence-electron chi connectivity index (χ1n) is 7.26. The summed E-state index contributed by atoms with van der Waals surface area (Å²) in [5.41, 5.74) is 1.65. The van der Waals surface area contributed by atoms with Gasteiger partial charge in [-0.05, 0) is 32.6 Å². The largest absolute Gasteiger partial charge is 0.462 e. The number of ether oxygens (including phenoxy) is 1. The van der Waals surface area contributed by atoms with Crippen LogP contribution in [-0.2, 0) is 9.53 Å². The molecule has 0 saturated heterocycles. The first kappa shape index (κ1) is 14.6. The maximum Gasteiger partial charge on any atom is 0.342 e. The Kier molecular flexibility index (Phi) is 4.82. The number of amides is 1. The number of hydrogen-bond acceptors (Lipinski definition) is 3. The van der Waals surface area contributed by atoms with Gasteiger partial charge in [-0.1, -0.05) is 12.8 Å². The highest BCUT2D eigenvalue weighted by Crippen LogP contribution is 2.28. The molecular formula is C15H22N2O3. The van der Waals surface area contributed by atoms with Gasteiger partial charge in [0.05, 0.1) is 12.3 Å². The lowest BCUT2D eigenvalue weighted by Crippen LogP contribution is -2.17. The van der Waals surface area contributed by atoms with Crippen LogP contribution < -0.4 is 5.32 Å². The van der Waals surface area contributed by atoms with Gasteiger partial charge in [0.15, 0.2) is 0 Å². The van der Waals surface area contributed by atoms with E-state index in [2.05, 4.69) is 10.3 Å². The Balaban J connectivity index is 2.01. The molecule has 5 nitrogen and oxygen atoms in total. The number of anilines is 1. The standard InChI is InChI=1S/C15H22N2O3/c1-3-20-15(19)14-10(2)16-9-12(14)17-13(18)8-11-6-4-5-7-11/h9,11,16H,3-8H2,1-2H3,(H,17,18). The summed E-state index contributed by atoms with van der Waals surface area (Å²) in [5, 5.41) is 2.83. The molecule has 0 atom stereocenters. The number of aromatic amines is 1. The number of carbonyl (C=O) groups excluding carboxylic acids is 2. The predicted octanol–water partition coefficient (Wildman–Crippen LogP) is 3.02. The minimum absolute atomic E-state index is 0.0264. The van der Waals surface area contributed by atoms with Crippen molar-refractivity contribution in [2.45, 2.75) is 46.0 Å². The first-order chi connectivity index (χ1) is 9.61. The molecule has 1 aromatic rings. The van der Waals surface area contributed by atoms with Crippen molar-refractivity contribution >= 4 is 17.6 Å². The van der Waals surface area contributed by atoms with E-state index >= 15 is 0 Å². The molecule has 110 valence electrons. The molecular weight excluding hydrogens is 256 g/mol. The molecule has 0 aliphatic heterocycles. The molecule has 1 fully saturated rings. The molecule has 1 aliphatic carbocycles. The van der Waals surface area contributed by atoms with Crippen LogP contribution in [0.15, 0.2) is 6.20 Å². The monoisotopic (exact) mass is 278 g/mol. The van der Waals surface area contributed by atoms with E-state index in [0.29, 0.717) is 35.9 Å². The Hall–Kier alpha value is -1.78. The predicted molar refractivity (Wildman–Crippen MR) is 76.7 cm³/mol. The van der Waals surface area contributed by atoms with E-state index in [-0.39, 0.29) is 5.91 Å². The Morgan fingerprint density at radius 2 is 2.10 bits per heavy atom. The first-order valence-corrected chi connectivity index (χ1v) is 7.26. The highest BCUT2D eigenvalue weighted by atomic mass is 16.5. The van der Waals surface area contributed by atoms with Crippen molar-refractivity contribution in [2.24, 2.45) is 5.92 Å². The van der Waals surface area contributed by atoms with Crippen molar-refractivity contribution in [3.8, 4) is 0 Å². The average Bonchev–Trinajstić information content (AvgIpc) is 3.00. The molecule has 1 amide bonds. The molecule has 20 heavy (non-hydrogen) atoms. The molecule has 1 heterocycles. The summed E-state index contributed by atoms with van der Waals surface area (Å²) in [5.74, 6) is 0.0601. The van der Waals surface area contributed by atoms with Crippen molar-refractivity contribution in [3.05, 3.63) is 17.5 Å². The Bertz CT molecular complexity index is 487. The summed E-state index contributed by atoms with van der Waals surface area (Å²) in [7, 11) is 0. The van der Waals surface area contributed by atoms with Crippen molar-refractivity contribution < 1.29 is 14.3 Å². The summed E-state index contributed by atoms with van der Waals surface area (Å²) < 4.78 is 5.01. The second-order valence-electron chi connectivity index (χ2n) is 5.33. The lowest BCUT2D eigenvalue weighted by molar-refractivity contribution is -0.117.